The van der Waals surface area contributed by atoms with Gasteiger partial charge in [-0.2, -0.15) is 0 Å². The number of hydrogen-bond donors (Lipinski definition) is 1. The number of aliphatic carboxylic acids is 1. The molecule has 22 heavy (non-hydrogen) atoms. The van der Waals surface area contributed by atoms with Crippen LogP contribution in [0.2, 0.25) is 0 Å². The van der Waals surface area contributed by atoms with Crippen LogP contribution < -0.4 is 0 Å². The SMILES string of the molecule is O=C(O)CCc1cccc([C@H]2CCCN2C2CCOCC2)n1. The van der Waals surface area contributed by atoms with Crippen LogP contribution in [0.4, 0.5) is 0 Å². The molecule has 0 radical (unpaired) electrons. The summed E-state index contributed by atoms with van der Waals surface area (Å²) in [6, 6.07) is 7.02. The molecule has 0 unspecified atom stereocenters. The summed E-state index contributed by atoms with van der Waals surface area (Å²) in [7, 11) is 0. The molecule has 0 spiro atoms. The van der Waals surface area contributed by atoms with Gasteiger partial charge in [0.25, 0.3) is 0 Å². The predicted octanol–water partition coefficient (Wildman–Crippen LogP) is 2.41. The highest BCUT2D eigenvalue weighted by Crippen LogP contribution is 2.35. The first kappa shape index (κ1) is 15.4. The molecule has 3 heterocycles. The maximum Gasteiger partial charge on any atom is 0.303 e. The van der Waals surface area contributed by atoms with Gasteiger partial charge in [0, 0.05) is 31.4 Å². The zero-order valence-electron chi connectivity index (χ0n) is 12.9. The van der Waals surface area contributed by atoms with Crippen molar-refractivity contribution in [2.75, 3.05) is 19.8 Å². The van der Waals surface area contributed by atoms with E-state index in [0.717, 1.165) is 50.4 Å². The van der Waals surface area contributed by atoms with Crippen molar-refractivity contribution in [3.05, 3.63) is 29.6 Å². The fourth-order valence-corrected chi connectivity index (χ4v) is 3.62. The van der Waals surface area contributed by atoms with Crippen LogP contribution in [0.25, 0.3) is 0 Å². The van der Waals surface area contributed by atoms with Gasteiger partial charge in [0.1, 0.15) is 0 Å². The lowest BCUT2D eigenvalue weighted by Gasteiger charge is -2.35. The van der Waals surface area contributed by atoms with E-state index in [4.69, 9.17) is 14.8 Å². The van der Waals surface area contributed by atoms with Gasteiger partial charge in [-0.15, -0.1) is 0 Å². The van der Waals surface area contributed by atoms with Crippen LogP contribution >= 0.6 is 0 Å². The van der Waals surface area contributed by atoms with Gasteiger partial charge in [-0.25, -0.2) is 0 Å². The number of carboxylic acid groups (broad SMARTS) is 1. The Kier molecular flexibility index (Phi) is 5.05. The van der Waals surface area contributed by atoms with Crippen LogP contribution in [-0.4, -0.2) is 46.8 Å². The lowest BCUT2D eigenvalue weighted by Crippen LogP contribution is -2.39. The molecule has 0 saturated carbocycles. The zero-order chi connectivity index (χ0) is 15.4. The number of aromatic nitrogens is 1. The summed E-state index contributed by atoms with van der Waals surface area (Å²) in [4.78, 5) is 18.0. The van der Waals surface area contributed by atoms with Gasteiger partial charge >= 0.3 is 5.97 Å². The Morgan fingerprint density at radius 3 is 2.91 bits per heavy atom. The molecular formula is C17H24N2O3. The van der Waals surface area contributed by atoms with Gasteiger partial charge in [0.15, 0.2) is 0 Å². The fourth-order valence-electron chi connectivity index (χ4n) is 3.62. The summed E-state index contributed by atoms with van der Waals surface area (Å²) in [5.74, 6) is -0.767. The average Bonchev–Trinajstić information content (AvgIpc) is 3.04. The fraction of sp³-hybridized carbons (Fsp3) is 0.647. The predicted molar refractivity (Wildman–Crippen MR) is 82.7 cm³/mol. The number of carboxylic acids is 1. The van der Waals surface area contributed by atoms with E-state index in [1.54, 1.807) is 0 Å². The Bertz CT molecular complexity index is 514. The van der Waals surface area contributed by atoms with E-state index in [0.29, 0.717) is 18.5 Å². The molecule has 2 aliphatic heterocycles. The molecule has 0 bridgehead atoms. The average molecular weight is 304 g/mol. The summed E-state index contributed by atoms with van der Waals surface area (Å²) >= 11 is 0. The standard InChI is InChI=1S/C17H24N2O3/c20-17(21)7-6-13-3-1-4-15(18-13)16-5-2-10-19(16)14-8-11-22-12-9-14/h1,3-4,14,16H,2,5-12H2,(H,20,21)/t16-/m1/s1. The van der Waals surface area contributed by atoms with Crippen LogP contribution in [0.3, 0.4) is 0 Å². The van der Waals surface area contributed by atoms with Crippen LogP contribution in [0, 0.1) is 0 Å². The highest BCUT2D eigenvalue weighted by atomic mass is 16.5. The molecular weight excluding hydrogens is 280 g/mol. The minimum Gasteiger partial charge on any atom is -0.481 e. The molecule has 0 amide bonds. The third-order valence-corrected chi connectivity index (χ3v) is 4.72. The van der Waals surface area contributed by atoms with Gasteiger partial charge < -0.3 is 9.84 Å². The van der Waals surface area contributed by atoms with Crippen molar-refractivity contribution in [3.8, 4) is 0 Å². The molecule has 120 valence electrons. The molecule has 0 aromatic carbocycles. The lowest BCUT2D eigenvalue weighted by molar-refractivity contribution is -0.136. The van der Waals surface area contributed by atoms with Crippen LogP contribution in [-0.2, 0) is 16.0 Å². The molecule has 2 aliphatic rings. The van der Waals surface area contributed by atoms with E-state index in [2.05, 4.69) is 11.0 Å². The van der Waals surface area contributed by atoms with Crippen molar-refractivity contribution in [2.45, 2.75) is 50.6 Å². The summed E-state index contributed by atoms with van der Waals surface area (Å²) in [6.07, 6.45) is 5.22. The Hall–Kier alpha value is -1.46. The topological polar surface area (TPSA) is 62.7 Å². The van der Waals surface area contributed by atoms with Gasteiger partial charge in [-0.3, -0.25) is 14.7 Å². The number of aryl methyl sites for hydroxylation is 1. The first-order valence-electron chi connectivity index (χ1n) is 8.25. The van der Waals surface area contributed by atoms with Gasteiger partial charge in [0.05, 0.1) is 18.2 Å². The third kappa shape index (κ3) is 3.65. The van der Waals surface area contributed by atoms with Crippen LogP contribution in [0.1, 0.15) is 49.5 Å². The van der Waals surface area contributed by atoms with Crippen molar-refractivity contribution in [1.29, 1.82) is 0 Å². The van der Waals surface area contributed by atoms with Crippen molar-refractivity contribution in [3.63, 3.8) is 0 Å². The molecule has 2 saturated heterocycles. The number of hydrogen-bond acceptors (Lipinski definition) is 4. The van der Waals surface area contributed by atoms with Crippen molar-refractivity contribution in [2.24, 2.45) is 0 Å². The third-order valence-electron chi connectivity index (χ3n) is 4.72. The second kappa shape index (κ2) is 7.20. The van der Waals surface area contributed by atoms with Gasteiger partial charge in [-0.05, 0) is 44.4 Å². The van der Waals surface area contributed by atoms with Crippen molar-refractivity contribution >= 4 is 5.97 Å². The summed E-state index contributed by atoms with van der Waals surface area (Å²) < 4.78 is 5.48. The van der Waals surface area contributed by atoms with E-state index in [1.165, 1.54) is 6.42 Å². The summed E-state index contributed by atoms with van der Waals surface area (Å²) in [6.45, 7) is 2.86. The molecule has 0 aliphatic carbocycles. The molecule has 2 fully saturated rings. The number of nitrogens with zero attached hydrogens (tertiary/aromatic N) is 2. The second-order valence-electron chi connectivity index (χ2n) is 6.19. The maximum absolute atomic E-state index is 10.7. The van der Waals surface area contributed by atoms with Crippen LogP contribution in [0.15, 0.2) is 18.2 Å². The van der Waals surface area contributed by atoms with E-state index in [-0.39, 0.29) is 6.42 Å². The van der Waals surface area contributed by atoms with Crippen LogP contribution in [0.5, 0.6) is 0 Å². The second-order valence-corrected chi connectivity index (χ2v) is 6.19. The van der Waals surface area contributed by atoms with Crippen molar-refractivity contribution < 1.29 is 14.6 Å². The first-order chi connectivity index (χ1) is 10.7. The van der Waals surface area contributed by atoms with Gasteiger partial charge in [-0.1, -0.05) is 6.07 Å². The molecule has 1 aromatic heterocycles. The molecule has 1 aromatic rings. The Labute approximate surface area is 131 Å². The van der Waals surface area contributed by atoms with E-state index >= 15 is 0 Å². The molecule has 1 atom stereocenters. The molecule has 5 nitrogen and oxygen atoms in total. The summed E-state index contributed by atoms with van der Waals surface area (Å²) in [5.41, 5.74) is 1.99. The monoisotopic (exact) mass is 304 g/mol. The van der Waals surface area contributed by atoms with E-state index in [1.807, 2.05) is 12.1 Å². The number of pyridine rings is 1. The van der Waals surface area contributed by atoms with E-state index in [9.17, 15) is 4.79 Å². The van der Waals surface area contributed by atoms with E-state index < -0.39 is 5.97 Å². The quantitative estimate of drug-likeness (QED) is 0.905. The van der Waals surface area contributed by atoms with Gasteiger partial charge in [0.2, 0.25) is 0 Å². The first-order valence-corrected chi connectivity index (χ1v) is 8.25. The molecule has 5 heteroatoms. The Balaban J connectivity index is 1.71. The lowest BCUT2D eigenvalue weighted by atomic mass is 10.0. The highest BCUT2D eigenvalue weighted by molar-refractivity contribution is 5.66. The number of carbonyl (C=O) groups is 1. The highest BCUT2D eigenvalue weighted by Gasteiger charge is 2.33. The minimum atomic E-state index is -0.767. The Morgan fingerprint density at radius 1 is 1.32 bits per heavy atom. The van der Waals surface area contributed by atoms with Crippen molar-refractivity contribution in [1.82, 2.24) is 9.88 Å². The minimum absolute atomic E-state index is 0.144. The number of likely N-dealkylation sites (tertiary alicyclic amines) is 1. The largest absolute Gasteiger partial charge is 0.481 e. The zero-order valence-corrected chi connectivity index (χ0v) is 12.9. The Morgan fingerprint density at radius 2 is 2.14 bits per heavy atom. The smallest absolute Gasteiger partial charge is 0.303 e. The maximum atomic E-state index is 10.7. The summed E-state index contributed by atoms with van der Waals surface area (Å²) in [5, 5.41) is 8.82. The normalized spacial score (nSPS) is 23.7. The molecule has 1 N–H and O–H groups in total. The number of rotatable bonds is 5. The molecule has 3 rings (SSSR count). The number of ether oxygens (including phenoxy) is 1.